The number of benzene rings is 4. The van der Waals surface area contributed by atoms with E-state index in [0.717, 1.165) is 42.3 Å². The monoisotopic (exact) mass is 954 g/mol. The fraction of sp³-hybridized carbons (Fsp3) is 0.0882. The molecule has 1 aromatic heterocycles. The zero-order valence-corrected chi connectivity index (χ0v) is 35.9. The number of aryl methyl sites for hydroxylation is 1. The number of nitrogens with two attached hydrogens (primary N) is 4. The van der Waals surface area contributed by atoms with E-state index in [4.69, 9.17) is 22.1 Å². The molecule has 0 fully saturated rings. The number of aromatic hydroxyl groups is 3. The van der Waals surface area contributed by atoms with E-state index in [9.17, 15) is 37.3 Å². The number of hydrogen-bond acceptors (Lipinski definition) is 21. The molecule has 1 unspecified atom stereocenters. The van der Waals surface area contributed by atoms with Crippen LogP contribution in [-0.4, -0.2) is 47.0 Å². The molecule has 1 heterocycles. The van der Waals surface area contributed by atoms with Crippen molar-refractivity contribution in [1.82, 2.24) is 9.78 Å². The zero-order valence-electron chi connectivity index (χ0n) is 31.3. The van der Waals surface area contributed by atoms with Crippen LogP contribution in [-0.2, 0) is 56.1 Å². The van der Waals surface area contributed by atoms with Gasteiger partial charge in [0.1, 0.15) is 34.3 Å². The van der Waals surface area contributed by atoms with E-state index in [1.807, 2.05) is 0 Å². The van der Waals surface area contributed by atoms with Crippen LogP contribution in [0, 0.1) is 6.92 Å². The number of sulfonamides is 2. The van der Waals surface area contributed by atoms with Crippen LogP contribution in [0.3, 0.4) is 0 Å². The number of primary sulfonamides is 2. The van der Waals surface area contributed by atoms with Crippen molar-refractivity contribution in [2.24, 2.45) is 42.5 Å². The molecule has 22 nitrogen and oxygen atoms in total. The average Bonchev–Trinajstić information content (AvgIpc) is 3.66. The molecule has 5 aromatic rings. The molecule has 6 rings (SSSR count). The first-order valence-corrected chi connectivity index (χ1v) is 21.0. The molecule has 0 saturated carbocycles. The third-order valence-corrected chi connectivity index (χ3v) is 11.0. The Morgan fingerprint density at radius 2 is 1.28 bits per heavy atom. The maximum Gasteiger partial charge on any atom is 0.243 e. The molecule has 322 valence electrons. The molecule has 1 aliphatic rings. The molecule has 12 N–H and O–H groups in total. The molecule has 0 bridgehead atoms. The number of aromatic nitrogens is 2. The minimum absolute atomic E-state index is 0. The Hall–Kier alpha value is -5.22. The molecule has 0 saturated heterocycles. The quantitative estimate of drug-likeness (QED) is 0.0276. The summed E-state index contributed by atoms with van der Waals surface area (Å²) in [6.45, 7) is 3.32. The number of phenols is 2. The van der Waals surface area contributed by atoms with Crippen molar-refractivity contribution in [1.29, 1.82) is 0 Å². The third kappa shape index (κ3) is 12.4. The summed E-state index contributed by atoms with van der Waals surface area (Å²) in [5.74, 6) is 8.13. The molecule has 1 aliphatic carbocycles. The van der Waals surface area contributed by atoms with Crippen molar-refractivity contribution in [2.45, 2.75) is 39.3 Å². The maximum atomic E-state index is 11.6. The van der Waals surface area contributed by atoms with Gasteiger partial charge in [0, 0.05) is 27.2 Å². The summed E-state index contributed by atoms with van der Waals surface area (Å²) in [5, 5.41) is 71.4. The van der Waals surface area contributed by atoms with Crippen LogP contribution in [0.2, 0.25) is 0 Å². The molecule has 1 atom stereocenters. The Kier molecular flexibility index (Phi) is 16.7. The minimum atomic E-state index is -3.99. The van der Waals surface area contributed by atoms with Crippen LogP contribution in [0.1, 0.15) is 24.1 Å². The Morgan fingerprint density at radius 1 is 0.705 bits per heavy atom. The van der Waals surface area contributed by atoms with E-state index in [1.54, 1.807) is 62.4 Å². The van der Waals surface area contributed by atoms with Gasteiger partial charge in [0.2, 0.25) is 25.9 Å². The van der Waals surface area contributed by atoms with Gasteiger partial charge >= 0.3 is 0 Å². The van der Waals surface area contributed by atoms with Gasteiger partial charge < -0.3 is 20.4 Å². The van der Waals surface area contributed by atoms with Crippen LogP contribution < -0.4 is 22.1 Å². The van der Waals surface area contributed by atoms with Gasteiger partial charge in [0.05, 0.1) is 51.2 Å². The summed E-state index contributed by atoms with van der Waals surface area (Å²) in [6.07, 6.45) is 1.73. The van der Waals surface area contributed by atoms with E-state index in [2.05, 4.69) is 44.2 Å². The van der Waals surface area contributed by atoms with Gasteiger partial charge in [0.15, 0.2) is 5.69 Å². The van der Waals surface area contributed by atoms with E-state index < -0.39 is 26.0 Å². The second-order valence-electron chi connectivity index (χ2n) is 12.1. The van der Waals surface area contributed by atoms with Gasteiger partial charge in [-0.05, 0) is 91.7 Å². The van der Waals surface area contributed by atoms with Crippen molar-refractivity contribution in [3.63, 3.8) is 0 Å². The fourth-order valence-corrected chi connectivity index (χ4v) is 7.14. The largest absolute Gasteiger partial charge is 0.509 e. The van der Waals surface area contributed by atoms with E-state index in [1.165, 1.54) is 28.9 Å². The molecule has 61 heavy (non-hydrogen) atoms. The third-order valence-electron chi connectivity index (χ3n) is 8.02. The van der Waals surface area contributed by atoms with Crippen LogP contribution in [0.25, 0.3) is 5.69 Å². The minimum Gasteiger partial charge on any atom is -0.509 e. The average molecular weight is 955 g/mol. The van der Waals surface area contributed by atoms with E-state index in [0.29, 0.717) is 32.3 Å². The summed E-state index contributed by atoms with van der Waals surface area (Å²) >= 11 is 1.67. The van der Waals surface area contributed by atoms with Crippen LogP contribution in [0.15, 0.2) is 148 Å². The second kappa shape index (κ2) is 21.0. The molecule has 0 spiro atoms. The van der Waals surface area contributed by atoms with Gasteiger partial charge in [-0.3, -0.25) is 0 Å². The van der Waals surface area contributed by atoms with Gasteiger partial charge in [-0.2, -0.15) is 21.6 Å². The Bertz CT molecular complexity index is 2750. The normalized spacial score (nSPS) is 14.3. The summed E-state index contributed by atoms with van der Waals surface area (Å²) < 4.78 is 56.5. The number of phenolic OH excluding ortho intramolecular Hbond substituents is 2. The summed E-state index contributed by atoms with van der Waals surface area (Å²) in [4.78, 5) is 8.93. The molecule has 0 radical (unpaired) electrons. The van der Waals surface area contributed by atoms with Crippen LogP contribution in [0.4, 0.5) is 17.1 Å². The second-order valence-corrected chi connectivity index (χ2v) is 16.8. The fourth-order valence-electron chi connectivity index (χ4n) is 5.22. The van der Waals surface area contributed by atoms with Crippen molar-refractivity contribution in [3.05, 3.63) is 119 Å². The number of allylic oxidation sites excluding steroid dienone is 2. The Morgan fingerprint density at radius 3 is 1.92 bits per heavy atom. The predicted molar refractivity (Wildman–Crippen MR) is 215 cm³/mol. The SMILES string of the molecule is CC1=CC(c2cccc(S(N)(=O)=O)c2)C(O)=C1N=Nc1cc(SOON)ccc1O.Cc1nn(-c2cccc(SOON)c2)c(O)c1N=Nc1cc(S(N)(=O)=O)ccc1O.[Cr]. The first-order valence-electron chi connectivity index (χ1n) is 16.5. The topological polar surface area (TPSA) is 357 Å². The van der Waals surface area contributed by atoms with Crippen LogP contribution in [0.5, 0.6) is 17.4 Å². The molecule has 27 heteroatoms. The number of rotatable bonds is 14. The number of nitrogens with zero attached hydrogens (tertiary/aromatic N) is 6. The standard InChI is InChI=1S/C18H18N4O6S2.C16H16N6O6S2.Cr/c1-10-7-14(11-3-2-4-13(8-11)30(20,25)26)18(24)17(10)22-21-15-9-12(29-28-27-19)5-6-16(15)23;1-9-15(20-19-13-8-12(30(18,25)26)5-6-14(13)23)16(24)22(21-9)10-3-2-4-11(7-10)29-28-27-17;/h2-9,14,23-24H,19H2,1H3,(H2,20,25,26);2-8,23-24H,17H2,1H3,(H2,18,25,26);. The number of hydrogen-bond donors (Lipinski definition) is 8. The Labute approximate surface area is 366 Å². The van der Waals surface area contributed by atoms with Crippen LogP contribution >= 0.6 is 24.1 Å². The van der Waals surface area contributed by atoms with Gasteiger partial charge in [0.25, 0.3) is 0 Å². The summed E-state index contributed by atoms with van der Waals surface area (Å²) in [5.41, 5.74) is 2.20. The van der Waals surface area contributed by atoms with Crippen molar-refractivity contribution >= 4 is 61.2 Å². The molecule has 0 aliphatic heterocycles. The smallest absolute Gasteiger partial charge is 0.243 e. The molecule has 4 aromatic carbocycles. The summed E-state index contributed by atoms with van der Waals surface area (Å²) in [7, 11) is -7.87. The van der Waals surface area contributed by atoms with Crippen molar-refractivity contribution < 1.29 is 73.3 Å². The van der Waals surface area contributed by atoms with Crippen molar-refractivity contribution in [3.8, 4) is 23.1 Å². The van der Waals surface area contributed by atoms with Gasteiger partial charge in [-0.1, -0.05) is 24.3 Å². The number of aliphatic hydroxyl groups excluding tert-OH is 1. The van der Waals surface area contributed by atoms with Gasteiger partial charge in [-0.15, -0.1) is 39.1 Å². The Balaban J connectivity index is 0.000000264. The first kappa shape index (κ1) is 48.4. The maximum absolute atomic E-state index is 11.6. The zero-order chi connectivity index (χ0) is 43.8. The van der Waals surface area contributed by atoms with Crippen molar-refractivity contribution in [2.75, 3.05) is 0 Å². The number of azo groups is 2. The molecular formula is C34H34CrN10O12S4. The van der Waals surface area contributed by atoms with E-state index in [-0.39, 0.29) is 73.0 Å². The first-order chi connectivity index (χ1) is 28.4. The van der Waals surface area contributed by atoms with Gasteiger partial charge in [-0.25, -0.2) is 27.1 Å². The number of aliphatic hydroxyl groups is 1. The molecular weight excluding hydrogens is 921 g/mol. The molecule has 0 amide bonds. The van der Waals surface area contributed by atoms with E-state index >= 15 is 0 Å². The predicted octanol–water partition coefficient (Wildman–Crippen LogP) is 5.95. The summed E-state index contributed by atoms with van der Waals surface area (Å²) in [6, 6.07) is 20.5.